The Kier molecular flexibility index (Phi) is 4.77. The lowest BCUT2D eigenvalue weighted by molar-refractivity contribution is 0.297. The van der Waals surface area contributed by atoms with E-state index in [1.54, 1.807) is 0 Å². The molecule has 3 rings (SSSR count). The maximum Gasteiger partial charge on any atom is 0.161 e. The second kappa shape index (κ2) is 6.59. The van der Waals surface area contributed by atoms with Crippen LogP contribution in [0, 0.1) is 0 Å². The number of rotatable bonds is 2. The molecule has 2 aromatic carbocycles. The van der Waals surface area contributed by atoms with Crippen LogP contribution in [0.25, 0.3) is 0 Å². The van der Waals surface area contributed by atoms with Crippen LogP contribution in [0.2, 0.25) is 0 Å². The second-order valence-electron chi connectivity index (χ2n) is 4.82. The zero-order valence-corrected chi connectivity index (χ0v) is 15.0. The summed E-state index contributed by atoms with van der Waals surface area (Å²) in [5.41, 5.74) is 2.01. The quantitative estimate of drug-likeness (QED) is 0.567. The number of ether oxygens (including phenoxy) is 2. The highest BCUT2D eigenvalue weighted by Crippen LogP contribution is 2.38. The number of benzene rings is 2. The fourth-order valence-electron chi connectivity index (χ4n) is 2.25. The van der Waals surface area contributed by atoms with E-state index in [9.17, 15) is 0 Å². The SMILES string of the molecule is ClC(c1cc(Br)cc(Br)c1)c1ccc2c(c1)OCCCO2. The number of halogens is 3. The van der Waals surface area contributed by atoms with Crippen LogP contribution >= 0.6 is 43.5 Å². The van der Waals surface area contributed by atoms with Crippen molar-refractivity contribution in [3.8, 4) is 11.5 Å². The lowest BCUT2D eigenvalue weighted by atomic mass is 10.0. The van der Waals surface area contributed by atoms with Crippen molar-refractivity contribution < 1.29 is 9.47 Å². The van der Waals surface area contributed by atoms with Crippen molar-refractivity contribution in [2.24, 2.45) is 0 Å². The van der Waals surface area contributed by atoms with Crippen molar-refractivity contribution in [1.82, 2.24) is 0 Å². The average molecular weight is 433 g/mol. The molecule has 0 fully saturated rings. The molecule has 0 saturated heterocycles. The second-order valence-corrected chi connectivity index (χ2v) is 7.09. The van der Waals surface area contributed by atoms with Crippen molar-refractivity contribution in [3.05, 3.63) is 56.5 Å². The van der Waals surface area contributed by atoms with E-state index in [0.717, 1.165) is 38.0 Å². The Balaban J connectivity index is 1.94. The van der Waals surface area contributed by atoms with Gasteiger partial charge in [-0.3, -0.25) is 0 Å². The van der Waals surface area contributed by atoms with Crippen LogP contribution in [-0.2, 0) is 0 Å². The molecule has 1 heterocycles. The Morgan fingerprint density at radius 1 is 0.857 bits per heavy atom. The van der Waals surface area contributed by atoms with Crippen LogP contribution in [-0.4, -0.2) is 13.2 Å². The Morgan fingerprint density at radius 2 is 1.52 bits per heavy atom. The van der Waals surface area contributed by atoms with Crippen molar-refractivity contribution in [1.29, 1.82) is 0 Å². The Morgan fingerprint density at radius 3 is 2.24 bits per heavy atom. The van der Waals surface area contributed by atoms with E-state index in [-0.39, 0.29) is 5.38 Å². The van der Waals surface area contributed by atoms with Gasteiger partial charge in [-0.25, -0.2) is 0 Å². The minimum absolute atomic E-state index is 0.240. The van der Waals surface area contributed by atoms with E-state index in [2.05, 4.69) is 31.9 Å². The van der Waals surface area contributed by atoms with Gasteiger partial charge in [0, 0.05) is 15.4 Å². The highest BCUT2D eigenvalue weighted by molar-refractivity contribution is 9.11. The predicted molar refractivity (Wildman–Crippen MR) is 91.6 cm³/mol. The van der Waals surface area contributed by atoms with Crippen LogP contribution in [0.5, 0.6) is 11.5 Å². The van der Waals surface area contributed by atoms with Gasteiger partial charge in [0.15, 0.2) is 11.5 Å². The van der Waals surface area contributed by atoms with E-state index in [1.807, 2.05) is 36.4 Å². The Labute approximate surface area is 145 Å². The van der Waals surface area contributed by atoms with E-state index in [0.29, 0.717) is 13.2 Å². The topological polar surface area (TPSA) is 18.5 Å². The molecule has 1 unspecified atom stereocenters. The number of hydrogen-bond acceptors (Lipinski definition) is 2. The molecule has 2 nitrogen and oxygen atoms in total. The third-order valence-corrected chi connectivity index (χ3v) is 4.66. The van der Waals surface area contributed by atoms with E-state index < -0.39 is 0 Å². The van der Waals surface area contributed by atoms with Gasteiger partial charge in [-0.2, -0.15) is 0 Å². The molecule has 0 saturated carbocycles. The van der Waals surface area contributed by atoms with Crippen LogP contribution in [0.1, 0.15) is 22.9 Å². The van der Waals surface area contributed by atoms with Crippen LogP contribution in [0.15, 0.2) is 45.3 Å². The third kappa shape index (κ3) is 3.55. The smallest absolute Gasteiger partial charge is 0.161 e. The zero-order valence-electron chi connectivity index (χ0n) is 11.1. The zero-order chi connectivity index (χ0) is 14.8. The minimum Gasteiger partial charge on any atom is -0.490 e. The molecule has 0 radical (unpaired) electrons. The van der Waals surface area contributed by atoms with Gasteiger partial charge in [0.2, 0.25) is 0 Å². The fourth-order valence-corrected chi connectivity index (χ4v) is 3.84. The summed E-state index contributed by atoms with van der Waals surface area (Å²) >= 11 is 13.6. The van der Waals surface area contributed by atoms with Crippen molar-refractivity contribution in [3.63, 3.8) is 0 Å². The number of fused-ring (bicyclic) bond motifs is 1. The maximum absolute atomic E-state index is 6.62. The summed E-state index contributed by atoms with van der Waals surface area (Å²) in [6.07, 6.45) is 0.896. The van der Waals surface area contributed by atoms with Gasteiger partial charge in [-0.1, -0.05) is 37.9 Å². The fraction of sp³-hybridized carbons (Fsp3) is 0.250. The standard InChI is InChI=1S/C16H13Br2ClO2/c17-12-6-11(7-13(18)9-12)16(19)10-2-3-14-15(8-10)21-5-1-4-20-14/h2-3,6-9,16H,1,4-5H2. The lowest BCUT2D eigenvalue weighted by Crippen LogP contribution is -1.97. The normalized spacial score (nSPS) is 15.4. The summed E-state index contributed by atoms with van der Waals surface area (Å²) < 4.78 is 13.3. The molecule has 5 heteroatoms. The first kappa shape index (κ1) is 15.2. The maximum atomic E-state index is 6.62. The van der Waals surface area contributed by atoms with Crippen molar-refractivity contribution in [2.75, 3.05) is 13.2 Å². The molecule has 0 amide bonds. The van der Waals surface area contributed by atoms with Crippen molar-refractivity contribution in [2.45, 2.75) is 11.8 Å². The van der Waals surface area contributed by atoms with E-state index in [4.69, 9.17) is 21.1 Å². The molecule has 0 bridgehead atoms. The first-order valence-electron chi connectivity index (χ1n) is 6.63. The van der Waals surface area contributed by atoms with Gasteiger partial charge in [0.25, 0.3) is 0 Å². The third-order valence-electron chi connectivity index (χ3n) is 3.24. The van der Waals surface area contributed by atoms with E-state index in [1.165, 1.54) is 0 Å². The highest BCUT2D eigenvalue weighted by Gasteiger charge is 2.16. The van der Waals surface area contributed by atoms with Crippen LogP contribution < -0.4 is 9.47 Å². The number of alkyl halides is 1. The molecule has 1 atom stereocenters. The summed E-state index contributed by atoms with van der Waals surface area (Å²) in [6.45, 7) is 1.36. The molecule has 0 spiro atoms. The Hall–Kier alpha value is -0.710. The number of hydrogen-bond donors (Lipinski definition) is 0. The highest BCUT2D eigenvalue weighted by atomic mass is 79.9. The van der Waals surface area contributed by atoms with Gasteiger partial charge in [0.05, 0.1) is 18.6 Å². The lowest BCUT2D eigenvalue weighted by Gasteiger charge is -2.14. The molecule has 0 aromatic heterocycles. The monoisotopic (exact) mass is 430 g/mol. The molecular formula is C16H13Br2ClO2. The van der Waals surface area contributed by atoms with E-state index >= 15 is 0 Å². The summed E-state index contributed by atoms with van der Waals surface area (Å²) in [4.78, 5) is 0. The Bertz CT molecular complexity index is 640. The molecule has 110 valence electrons. The van der Waals surface area contributed by atoms with Crippen LogP contribution in [0.4, 0.5) is 0 Å². The average Bonchev–Trinajstić information content (AvgIpc) is 2.69. The summed E-state index contributed by atoms with van der Waals surface area (Å²) in [5.74, 6) is 1.56. The van der Waals surface area contributed by atoms with Gasteiger partial charge in [0.1, 0.15) is 0 Å². The van der Waals surface area contributed by atoms with Crippen molar-refractivity contribution >= 4 is 43.5 Å². The van der Waals surface area contributed by atoms with Gasteiger partial charge in [-0.05, 0) is 41.5 Å². The van der Waals surface area contributed by atoms with Crippen LogP contribution in [0.3, 0.4) is 0 Å². The molecular weight excluding hydrogens is 419 g/mol. The molecule has 1 aliphatic heterocycles. The molecule has 21 heavy (non-hydrogen) atoms. The molecule has 2 aromatic rings. The molecule has 0 N–H and O–H groups in total. The minimum atomic E-state index is -0.240. The van der Waals surface area contributed by atoms with Gasteiger partial charge in [-0.15, -0.1) is 11.6 Å². The molecule has 0 aliphatic carbocycles. The molecule has 1 aliphatic rings. The first-order chi connectivity index (χ1) is 10.1. The largest absolute Gasteiger partial charge is 0.490 e. The summed E-state index contributed by atoms with van der Waals surface area (Å²) in [7, 11) is 0. The van der Waals surface area contributed by atoms with Gasteiger partial charge >= 0.3 is 0 Å². The first-order valence-corrected chi connectivity index (χ1v) is 8.65. The summed E-state index contributed by atoms with van der Waals surface area (Å²) in [6, 6.07) is 11.9. The summed E-state index contributed by atoms with van der Waals surface area (Å²) in [5, 5.41) is -0.240. The predicted octanol–water partition coefficient (Wildman–Crippen LogP) is 5.70. The van der Waals surface area contributed by atoms with Gasteiger partial charge < -0.3 is 9.47 Å².